The van der Waals surface area contributed by atoms with Crippen LogP contribution in [0.25, 0.3) is 0 Å². The van der Waals surface area contributed by atoms with Gasteiger partial charge in [0.2, 0.25) is 11.8 Å². The molecule has 2 rings (SSSR count). The number of amides is 2. The van der Waals surface area contributed by atoms with Gasteiger partial charge in [-0.1, -0.05) is 45.9 Å². The van der Waals surface area contributed by atoms with Gasteiger partial charge in [0.1, 0.15) is 0 Å². The van der Waals surface area contributed by atoms with E-state index in [1.807, 2.05) is 37.8 Å². The number of nitrogens with one attached hydrogen (secondary N) is 1. The minimum atomic E-state index is -0.0131. The van der Waals surface area contributed by atoms with Crippen molar-refractivity contribution in [3.63, 3.8) is 0 Å². The monoisotopic (exact) mass is 330 g/mol. The largest absolute Gasteiger partial charge is 0.342 e. The molecule has 1 fully saturated rings. The van der Waals surface area contributed by atoms with Gasteiger partial charge in [0.05, 0.1) is 0 Å². The molecule has 1 heterocycles. The highest BCUT2D eigenvalue weighted by molar-refractivity contribution is 5.94. The van der Waals surface area contributed by atoms with Gasteiger partial charge in [-0.15, -0.1) is 0 Å². The van der Waals surface area contributed by atoms with Crippen LogP contribution in [0.2, 0.25) is 0 Å². The number of hydrogen-bond donors (Lipinski definition) is 1. The van der Waals surface area contributed by atoms with Gasteiger partial charge in [-0.3, -0.25) is 9.59 Å². The second-order valence-electron chi connectivity index (χ2n) is 7.44. The Bertz CT molecular complexity index is 600. The Morgan fingerprint density at radius 1 is 1.12 bits per heavy atom. The van der Waals surface area contributed by atoms with Crippen molar-refractivity contribution in [2.75, 3.05) is 18.4 Å². The van der Waals surface area contributed by atoms with Crippen molar-refractivity contribution in [3.8, 4) is 0 Å². The predicted molar refractivity (Wildman–Crippen MR) is 98.0 cm³/mol. The molecule has 0 spiro atoms. The highest BCUT2D eigenvalue weighted by atomic mass is 16.2. The van der Waals surface area contributed by atoms with E-state index in [9.17, 15) is 9.59 Å². The number of piperidine rings is 1. The van der Waals surface area contributed by atoms with Crippen molar-refractivity contribution in [1.82, 2.24) is 4.90 Å². The molecule has 0 radical (unpaired) electrons. The van der Waals surface area contributed by atoms with Crippen LogP contribution in [0.1, 0.15) is 57.6 Å². The fourth-order valence-corrected chi connectivity index (χ4v) is 3.29. The van der Waals surface area contributed by atoms with E-state index < -0.39 is 0 Å². The van der Waals surface area contributed by atoms with Gasteiger partial charge < -0.3 is 10.2 Å². The molecule has 4 nitrogen and oxygen atoms in total. The Hall–Kier alpha value is -1.84. The fourth-order valence-electron chi connectivity index (χ4n) is 3.29. The van der Waals surface area contributed by atoms with E-state index in [0.29, 0.717) is 19.0 Å². The zero-order chi connectivity index (χ0) is 17.9. The molecule has 0 bridgehead atoms. The second-order valence-corrected chi connectivity index (χ2v) is 7.44. The van der Waals surface area contributed by atoms with Crippen molar-refractivity contribution >= 4 is 17.5 Å². The van der Waals surface area contributed by atoms with E-state index >= 15 is 0 Å². The lowest BCUT2D eigenvalue weighted by Gasteiger charge is -2.32. The van der Waals surface area contributed by atoms with Crippen molar-refractivity contribution in [1.29, 1.82) is 0 Å². The summed E-state index contributed by atoms with van der Waals surface area (Å²) in [6, 6.07) is 6.15. The number of para-hydroxylation sites is 1. The van der Waals surface area contributed by atoms with E-state index in [-0.39, 0.29) is 23.7 Å². The maximum absolute atomic E-state index is 12.7. The third kappa shape index (κ3) is 4.16. The molecule has 1 aromatic carbocycles. The van der Waals surface area contributed by atoms with E-state index in [2.05, 4.69) is 25.2 Å². The fraction of sp³-hybridized carbons (Fsp3) is 0.600. The zero-order valence-electron chi connectivity index (χ0n) is 15.6. The third-order valence-electron chi connectivity index (χ3n) is 4.85. The van der Waals surface area contributed by atoms with Crippen LogP contribution in [0.5, 0.6) is 0 Å². The number of carbonyl (C=O) groups excluding carboxylic acids is 2. The first-order valence-corrected chi connectivity index (χ1v) is 9.00. The number of anilines is 1. The molecule has 0 atom stereocenters. The van der Waals surface area contributed by atoms with Crippen LogP contribution in [-0.4, -0.2) is 29.8 Å². The second kappa shape index (κ2) is 7.82. The molecule has 0 aromatic heterocycles. The summed E-state index contributed by atoms with van der Waals surface area (Å²) in [5, 5.41) is 3.15. The van der Waals surface area contributed by atoms with E-state index in [4.69, 9.17) is 0 Å². The highest BCUT2D eigenvalue weighted by Gasteiger charge is 2.28. The molecular weight excluding hydrogens is 300 g/mol. The van der Waals surface area contributed by atoms with E-state index in [1.165, 1.54) is 5.56 Å². The molecule has 0 unspecified atom stereocenters. The predicted octanol–water partition coefficient (Wildman–Crippen LogP) is 3.95. The van der Waals surface area contributed by atoms with Gasteiger partial charge in [-0.25, -0.2) is 0 Å². The molecular formula is C20H30N2O2. The van der Waals surface area contributed by atoms with Crippen LogP contribution < -0.4 is 5.32 Å². The topological polar surface area (TPSA) is 49.4 Å². The number of carbonyl (C=O) groups is 2. The normalized spacial score (nSPS) is 15.9. The molecule has 1 aliphatic heterocycles. The molecule has 132 valence electrons. The van der Waals surface area contributed by atoms with Crippen LogP contribution in [0, 0.1) is 18.8 Å². The Balaban J connectivity index is 2.01. The summed E-state index contributed by atoms with van der Waals surface area (Å²) < 4.78 is 0. The molecule has 0 aliphatic carbocycles. The number of likely N-dealkylation sites (tertiary alicyclic amines) is 1. The first kappa shape index (κ1) is 18.5. The molecule has 1 aromatic rings. The van der Waals surface area contributed by atoms with Crippen LogP contribution >= 0.6 is 0 Å². The summed E-state index contributed by atoms with van der Waals surface area (Å²) in [6.45, 7) is 11.5. The number of benzene rings is 1. The quantitative estimate of drug-likeness (QED) is 0.908. The minimum absolute atomic E-state index is 0.0131. The summed E-state index contributed by atoms with van der Waals surface area (Å²) in [7, 11) is 0. The van der Waals surface area contributed by atoms with Crippen LogP contribution in [0.15, 0.2) is 18.2 Å². The molecule has 4 heteroatoms. The Kier molecular flexibility index (Phi) is 6.03. The van der Waals surface area contributed by atoms with Gasteiger partial charge in [-0.05, 0) is 36.8 Å². The van der Waals surface area contributed by atoms with Crippen LogP contribution in [0.4, 0.5) is 5.69 Å². The lowest BCUT2D eigenvalue weighted by Crippen LogP contribution is -2.43. The van der Waals surface area contributed by atoms with Gasteiger partial charge in [0, 0.05) is 30.6 Å². The number of nitrogens with zero attached hydrogens (tertiary/aromatic N) is 1. The zero-order valence-corrected chi connectivity index (χ0v) is 15.6. The third-order valence-corrected chi connectivity index (χ3v) is 4.85. The Morgan fingerprint density at radius 3 is 2.29 bits per heavy atom. The Labute approximate surface area is 145 Å². The van der Waals surface area contributed by atoms with Gasteiger partial charge in [0.15, 0.2) is 0 Å². The van der Waals surface area contributed by atoms with E-state index in [0.717, 1.165) is 24.1 Å². The van der Waals surface area contributed by atoms with Crippen molar-refractivity contribution in [2.24, 2.45) is 11.8 Å². The average Bonchev–Trinajstić information content (AvgIpc) is 2.55. The average molecular weight is 330 g/mol. The molecule has 0 saturated carbocycles. The summed E-state index contributed by atoms with van der Waals surface area (Å²) in [5.74, 6) is 0.653. The molecule has 1 N–H and O–H groups in total. The first-order chi connectivity index (χ1) is 11.3. The minimum Gasteiger partial charge on any atom is -0.342 e. The molecule has 1 saturated heterocycles. The number of aryl methyl sites for hydroxylation is 1. The van der Waals surface area contributed by atoms with Crippen molar-refractivity contribution in [2.45, 2.75) is 53.4 Å². The smallest absolute Gasteiger partial charge is 0.227 e. The van der Waals surface area contributed by atoms with Gasteiger partial charge >= 0.3 is 0 Å². The SMILES string of the molecule is Cc1cccc(C(C)C)c1NC(=O)C1CCN(C(=O)C(C)C)CC1. The summed E-state index contributed by atoms with van der Waals surface area (Å²) in [6.07, 6.45) is 1.49. The number of hydrogen-bond acceptors (Lipinski definition) is 2. The molecule has 24 heavy (non-hydrogen) atoms. The van der Waals surface area contributed by atoms with Gasteiger partial charge in [-0.2, -0.15) is 0 Å². The maximum Gasteiger partial charge on any atom is 0.227 e. The summed E-state index contributed by atoms with van der Waals surface area (Å²) in [4.78, 5) is 26.6. The molecule has 2 amide bonds. The molecule has 1 aliphatic rings. The lowest BCUT2D eigenvalue weighted by atomic mass is 9.93. The standard InChI is InChI=1S/C20H30N2O2/c1-13(2)17-8-6-7-15(5)18(17)21-19(23)16-9-11-22(12-10-16)20(24)14(3)4/h6-8,13-14,16H,9-12H2,1-5H3,(H,21,23). The van der Waals surface area contributed by atoms with Crippen molar-refractivity contribution < 1.29 is 9.59 Å². The van der Waals surface area contributed by atoms with Crippen LogP contribution in [-0.2, 0) is 9.59 Å². The lowest BCUT2D eigenvalue weighted by molar-refractivity contribution is -0.137. The van der Waals surface area contributed by atoms with Gasteiger partial charge in [0.25, 0.3) is 0 Å². The van der Waals surface area contributed by atoms with Crippen LogP contribution in [0.3, 0.4) is 0 Å². The van der Waals surface area contributed by atoms with E-state index in [1.54, 1.807) is 0 Å². The first-order valence-electron chi connectivity index (χ1n) is 9.00. The number of rotatable bonds is 4. The summed E-state index contributed by atoms with van der Waals surface area (Å²) >= 11 is 0. The summed E-state index contributed by atoms with van der Waals surface area (Å²) in [5.41, 5.74) is 3.23. The Morgan fingerprint density at radius 2 is 1.75 bits per heavy atom. The highest BCUT2D eigenvalue weighted by Crippen LogP contribution is 2.29. The maximum atomic E-state index is 12.7. The van der Waals surface area contributed by atoms with Crippen molar-refractivity contribution in [3.05, 3.63) is 29.3 Å².